The minimum Gasteiger partial charge on any atom is -0.491 e. The van der Waals surface area contributed by atoms with Crippen LogP contribution in [0, 0.1) is 29.1 Å². The van der Waals surface area contributed by atoms with E-state index < -0.39 is 46.7 Å². The molecule has 34 heavy (non-hydrogen) atoms. The summed E-state index contributed by atoms with van der Waals surface area (Å²) in [6.07, 6.45) is 1.90. The lowest BCUT2D eigenvalue weighted by Crippen LogP contribution is -2.21. The largest absolute Gasteiger partial charge is 0.491 e. The summed E-state index contributed by atoms with van der Waals surface area (Å²) in [6.45, 7) is 5.42. The monoisotopic (exact) mass is 474 g/mol. The van der Waals surface area contributed by atoms with Gasteiger partial charge < -0.3 is 9.47 Å². The fraction of sp³-hybridized carbons (Fsp3) is 0.259. The molecule has 1 heterocycles. The highest BCUT2D eigenvalue weighted by Crippen LogP contribution is 2.39. The molecule has 0 saturated carbocycles. The van der Waals surface area contributed by atoms with Crippen molar-refractivity contribution in [3.63, 3.8) is 0 Å². The number of hydrogen-bond donors (Lipinski definition) is 0. The lowest BCUT2D eigenvalue weighted by Gasteiger charge is -2.30. The third-order valence-electron chi connectivity index (χ3n) is 6.07. The van der Waals surface area contributed by atoms with Gasteiger partial charge >= 0.3 is 0 Å². The van der Waals surface area contributed by atoms with Gasteiger partial charge in [-0.2, -0.15) is 4.39 Å². The molecule has 0 bridgehead atoms. The van der Waals surface area contributed by atoms with E-state index in [0.29, 0.717) is 24.0 Å². The Morgan fingerprint density at radius 1 is 0.882 bits per heavy atom. The van der Waals surface area contributed by atoms with Crippen molar-refractivity contribution in [1.82, 2.24) is 0 Å². The van der Waals surface area contributed by atoms with Gasteiger partial charge in [-0.25, -0.2) is 17.6 Å². The Kier molecular flexibility index (Phi) is 7.03. The van der Waals surface area contributed by atoms with Crippen LogP contribution in [-0.4, -0.2) is 13.2 Å². The van der Waals surface area contributed by atoms with Crippen LogP contribution in [0.2, 0.25) is 0 Å². The zero-order valence-corrected chi connectivity index (χ0v) is 18.5. The van der Waals surface area contributed by atoms with E-state index in [-0.39, 0.29) is 30.1 Å². The number of halogens is 5. The summed E-state index contributed by atoms with van der Waals surface area (Å²) in [6, 6.07) is 9.66. The summed E-state index contributed by atoms with van der Waals surface area (Å²) in [5, 5.41) is 0. The summed E-state index contributed by atoms with van der Waals surface area (Å²) in [5.74, 6) is -6.16. The van der Waals surface area contributed by atoms with Crippen molar-refractivity contribution in [3.8, 4) is 16.9 Å². The summed E-state index contributed by atoms with van der Waals surface area (Å²) in [4.78, 5) is 0. The third kappa shape index (κ3) is 4.44. The molecule has 1 fully saturated rings. The van der Waals surface area contributed by atoms with Gasteiger partial charge in [0.15, 0.2) is 23.2 Å². The van der Waals surface area contributed by atoms with Crippen LogP contribution in [0.5, 0.6) is 5.75 Å². The topological polar surface area (TPSA) is 18.5 Å². The molecular weight excluding hydrogens is 451 g/mol. The molecule has 4 rings (SSSR count). The van der Waals surface area contributed by atoms with Gasteiger partial charge in [-0.05, 0) is 49.1 Å². The molecule has 2 atom stereocenters. The molecule has 0 radical (unpaired) electrons. The number of benzene rings is 3. The molecule has 0 aliphatic carbocycles. The van der Waals surface area contributed by atoms with Gasteiger partial charge in [-0.15, -0.1) is 0 Å². The van der Waals surface area contributed by atoms with Gasteiger partial charge in [0.2, 0.25) is 5.82 Å². The minimum absolute atomic E-state index is 0.0645. The van der Waals surface area contributed by atoms with Crippen LogP contribution in [0.1, 0.15) is 48.5 Å². The van der Waals surface area contributed by atoms with Crippen molar-refractivity contribution in [2.45, 2.75) is 31.8 Å². The molecule has 1 aliphatic rings. The highest BCUT2D eigenvalue weighted by Gasteiger charge is 2.29. The van der Waals surface area contributed by atoms with E-state index in [1.807, 2.05) is 0 Å². The number of rotatable bonds is 6. The van der Waals surface area contributed by atoms with Gasteiger partial charge in [0.1, 0.15) is 5.82 Å². The van der Waals surface area contributed by atoms with Crippen LogP contribution in [0.3, 0.4) is 0 Å². The number of hydrogen-bond acceptors (Lipinski definition) is 2. The van der Waals surface area contributed by atoms with E-state index >= 15 is 0 Å². The summed E-state index contributed by atoms with van der Waals surface area (Å²) in [7, 11) is 0. The van der Waals surface area contributed by atoms with Crippen LogP contribution < -0.4 is 4.74 Å². The summed E-state index contributed by atoms with van der Waals surface area (Å²) in [5.41, 5.74) is 0.339. The molecule has 2 nitrogen and oxygen atoms in total. The molecule has 3 aromatic carbocycles. The molecule has 7 heteroatoms. The van der Waals surface area contributed by atoms with Gasteiger partial charge in [0.25, 0.3) is 0 Å². The van der Waals surface area contributed by atoms with E-state index in [2.05, 4.69) is 6.58 Å². The van der Waals surface area contributed by atoms with Crippen LogP contribution in [-0.2, 0) is 4.74 Å². The maximum atomic E-state index is 15.0. The van der Waals surface area contributed by atoms with Gasteiger partial charge in [-0.3, -0.25) is 0 Å². The highest BCUT2D eigenvalue weighted by molar-refractivity contribution is 5.67. The second-order valence-corrected chi connectivity index (χ2v) is 8.08. The van der Waals surface area contributed by atoms with E-state index in [0.717, 1.165) is 6.07 Å². The first-order valence-electron chi connectivity index (χ1n) is 11.0. The Morgan fingerprint density at radius 3 is 2.18 bits per heavy atom. The predicted molar refractivity (Wildman–Crippen MR) is 120 cm³/mol. The van der Waals surface area contributed by atoms with E-state index in [1.54, 1.807) is 25.1 Å². The van der Waals surface area contributed by atoms with Crippen molar-refractivity contribution >= 4 is 6.08 Å². The third-order valence-corrected chi connectivity index (χ3v) is 6.07. The SMILES string of the molecule is C=Cc1ccc(C2CCC(c3ccc(-c4ccc(OCC)c(F)c4F)c(F)c3F)CO2)c(F)c1. The summed E-state index contributed by atoms with van der Waals surface area (Å²) >= 11 is 0. The lowest BCUT2D eigenvalue weighted by atomic mass is 9.87. The Hall–Kier alpha value is -3.19. The Morgan fingerprint density at radius 2 is 1.56 bits per heavy atom. The Labute approximate surface area is 194 Å². The Bertz CT molecular complexity index is 1220. The zero-order valence-electron chi connectivity index (χ0n) is 18.5. The fourth-order valence-corrected chi connectivity index (χ4v) is 4.27. The maximum absolute atomic E-state index is 15.0. The maximum Gasteiger partial charge on any atom is 0.201 e. The molecule has 0 spiro atoms. The predicted octanol–water partition coefficient (Wildman–Crippen LogP) is 7.73. The van der Waals surface area contributed by atoms with Crippen LogP contribution in [0.15, 0.2) is 49.0 Å². The van der Waals surface area contributed by atoms with Crippen molar-refractivity contribution in [1.29, 1.82) is 0 Å². The average Bonchev–Trinajstić information content (AvgIpc) is 2.84. The highest BCUT2D eigenvalue weighted by atomic mass is 19.2. The normalized spacial score (nSPS) is 18.1. The molecule has 1 aliphatic heterocycles. The summed E-state index contributed by atoms with van der Waals surface area (Å²) < 4.78 is 83.8. The quantitative estimate of drug-likeness (QED) is 0.341. The molecule has 0 aromatic heterocycles. The second-order valence-electron chi connectivity index (χ2n) is 8.08. The molecule has 3 aromatic rings. The smallest absolute Gasteiger partial charge is 0.201 e. The van der Waals surface area contributed by atoms with Gasteiger partial charge in [-0.1, -0.05) is 36.9 Å². The first-order valence-corrected chi connectivity index (χ1v) is 11.0. The van der Waals surface area contributed by atoms with Gasteiger partial charge in [0, 0.05) is 22.6 Å². The van der Waals surface area contributed by atoms with Crippen LogP contribution >= 0.6 is 0 Å². The molecule has 178 valence electrons. The van der Waals surface area contributed by atoms with Crippen molar-refractivity contribution < 1.29 is 31.4 Å². The van der Waals surface area contributed by atoms with Crippen LogP contribution in [0.25, 0.3) is 17.2 Å². The van der Waals surface area contributed by atoms with E-state index in [4.69, 9.17) is 9.47 Å². The molecule has 2 unspecified atom stereocenters. The Balaban J connectivity index is 1.55. The van der Waals surface area contributed by atoms with Crippen molar-refractivity contribution in [2.75, 3.05) is 13.2 Å². The molecular formula is C27H23F5O2. The van der Waals surface area contributed by atoms with E-state index in [1.165, 1.54) is 24.3 Å². The lowest BCUT2D eigenvalue weighted by molar-refractivity contribution is -0.000304. The number of ether oxygens (including phenoxy) is 2. The first kappa shape index (κ1) is 24.0. The van der Waals surface area contributed by atoms with Crippen molar-refractivity contribution in [2.24, 2.45) is 0 Å². The first-order chi connectivity index (χ1) is 16.3. The average molecular weight is 474 g/mol. The molecule has 0 N–H and O–H groups in total. The zero-order chi connectivity index (χ0) is 24.4. The van der Waals surface area contributed by atoms with E-state index in [9.17, 15) is 22.0 Å². The van der Waals surface area contributed by atoms with Crippen LogP contribution in [0.4, 0.5) is 22.0 Å². The standard InChI is InChI=1S/C27H23F5O2/c1-3-15-5-7-20(21(28)13-15)22-11-6-16(14-34-22)17-8-9-18(25(30)24(17)29)19-10-12-23(33-4-2)27(32)26(19)31/h3,5,7-10,12-13,16,22H,1,4,6,11,14H2,2H3. The molecule has 0 amide bonds. The second kappa shape index (κ2) is 9.97. The molecule has 1 saturated heterocycles. The minimum atomic E-state index is -1.31. The van der Waals surface area contributed by atoms with Crippen molar-refractivity contribution in [3.05, 3.63) is 94.8 Å². The van der Waals surface area contributed by atoms with Gasteiger partial charge in [0.05, 0.1) is 19.3 Å². The fourth-order valence-electron chi connectivity index (χ4n) is 4.27.